The fourth-order valence-corrected chi connectivity index (χ4v) is 3.28. The molecule has 0 atom stereocenters. The predicted molar refractivity (Wildman–Crippen MR) is 75.7 cm³/mol. The molecular formula is C15H9N2S. The topological polar surface area (TPSA) is 28.7 Å². The lowest BCUT2D eigenvalue weighted by molar-refractivity contribution is 1.11. The van der Waals surface area contributed by atoms with Crippen LogP contribution in [0.15, 0.2) is 47.8 Å². The van der Waals surface area contributed by atoms with Gasteiger partial charge in [-0.05, 0) is 23.1 Å². The van der Waals surface area contributed by atoms with Gasteiger partial charge < -0.3 is 0 Å². The van der Waals surface area contributed by atoms with Gasteiger partial charge in [0.15, 0.2) is 0 Å². The molecule has 2 heterocycles. The fraction of sp³-hybridized carbons (Fsp3) is 0. The predicted octanol–water partition coefficient (Wildman–Crippen LogP) is 4.24. The average Bonchev–Trinajstić information content (AvgIpc) is 3.05. The number of aromatic amines is 1. The molecule has 0 fully saturated rings. The van der Waals surface area contributed by atoms with E-state index < -0.39 is 0 Å². The molecule has 0 aliphatic rings. The van der Waals surface area contributed by atoms with Crippen molar-refractivity contribution >= 4 is 32.3 Å². The first-order chi connectivity index (χ1) is 8.93. The summed E-state index contributed by atoms with van der Waals surface area (Å²) in [5.74, 6) is 0. The van der Waals surface area contributed by atoms with Crippen molar-refractivity contribution in [2.45, 2.75) is 0 Å². The minimum atomic E-state index is 1.03. The van der Waals surface area contributed by atoms with Gasteiger partial charge in [-0.25, -0.2) is 0 Å². The Hall–Kier alpha value is -2.13. The summed E-state index contributed by atoms with van der Waals surface area (Å²) in [6, 6.07) is 14.7. The number of rotatable bonds is 1. The van der Waals surface area contributed by atoms with Gasteiger partial charge in [0, 0.05) is 21.0 Å². The van der Waals surface area contributed by atoms with Gasteiger partial charge in [-0.3, -0.25) is 5.10 Å². The lowest BCUT2D eigenvalue weighted by Crippen LogP contribution is -1.77. The van der Waals surface area contributed by atoms with Crippen molar-refractivity contribution in [2.75, 3.05) is 0 Å². The van der Waals surface area contributed by atoms with E-state index in [2.05, 4.69) is 58.2 Å². The molecule has 0 amide bonds. The first-order valence-electron chi connectivity index (χ1n) is 5.75. The molecule has 0 saturated carbocycles. The zero-order chi connectivity index (χ0) is 11.9. The van der Waals surface area contributed by atoms with Crippen molar-refractivity contribution in [1.82, 2.24) is 10.2 Å². The van der Waals surface area contributed by atoms with Crippen LogP contribution in [0.4, 0.5) is 0 Å². The van der Waals surface area contributed by atoms with Crippen LogP contribution >= 0.6 is 11.3 Å². The van der Waals surface area contributed by atoms with Crippen LogP contribution in [-0.4, -0.2) is 10.2 Å². The van der Waals surface area contributed by atoms with Crippen molar-refractivity contribution in [2.24, 2.45) is 0 Å². The van der Waals surface area contributed by atoms with Crippen LogP contribution in [0.1, 0.15) is 0 Å². The summed E-state index contributed by atoms with van der Waals surface area (Å²) >= 11 is 1.78. The Bertz CT molecular complexity index is 842. The molecule has 2 nitrogen and oxygen atoms in total. The largest absolute Gasteiger partial charge is 0.277 e. The number of hydrogen-bond donors (Lipinski definition) is 1. The molecule has 0 bridgehead atoms. The van der Waals surface area contributed by atoms with Crippen molar-refractivity contribution in [3.63, 3.8) is 0 Å². The summed E-state index contributed by atoms with van der Waals surface area (Å²) in [4.78, 5) is 0. The van der Waals surface area contributed by atoms with Crippen molar-refractivity contribution in [3.8, 4) is 11.1 Å². The van der Waals surface area contributed by atoms with Gasteiger partial charge in [-0.2, -0.15) is 5.10 Å². The number of benzene rings is 2. The molecule has 1 N–H and O–H groups in total. The van der Waals surface area contributed by atoms with Gasteiger partial charge in [0.25, 0.3) is 0 Å². The highest BCUT2D eigenvalue weighted by atomic mass is 32.1. The Morgan fingerprint density at radius 1 is 1.00 bits per heavy atom. The van der Waals surface area contributed by atoms with Crippen molar-refractivity contribution < 1.29 is 0 Å². The van der Waals surface area contributed by atoms with E-state index in [1.54, 1.807) is 11.3 Å². The van der Waals surface area contributed by atoms with Crippen LogP contribution in [0.2, 0.25) is 0 Å². The fourth-order valence-electron chi connectivity index (χ4n) is 2.32. The van der Waals surface area contributed by atoms with Gasteiger partial charge >= 0.3 is 0 Å². The normalized spacial score (nSPS) is 11.3. The molecule has 2 aromatic carbocycles. The highest BCUT2D eigenvalue weighted by molar-refractivity contribution is 7.17. The minimum Gasteiger partial charge on any atom is -0.277 e. The number of nitrogens with zero attached hydrogens (tertiary/aromatic N) is 1. The van der Waals surface area contributed by atoms with E-state index in [-0.39, 0.29) is 0 Å². The Morgan fingerprint density at radius 3 is 2.94 bits per heavy atom. The number of fused-ring (bicyclic) bond motifs is 2. The van der Waals surface area contributed by atoms with Gasteiger partial charge in [-0.1, -0.05) is 30.3 Å². The Kier molecular flexibility index (Phi) is 2.02. The van der Waals surface area contributed by atoms with E-state index >= 15 is 0 Å². The lowest BCUT2D eigenvalue weighted by atomic mass is 10.0. The van der Waals surface area contributed by atoms with Crippen LogP contribution in [0.25, 0.3) is 32.1 Å². The van der Waals surface area contributed by atoms with E-state index in [0.717, 1.165) is 10.9 Å². The molecule has 0 unspecified atom stereocenters. The van der Waals surface area contributed by atoms with Crippen LogP contribution < -0.4 is 0 Å². The molecule has 18 heavy (non-hydrogen) atoms. The molecule has 2 aromatic heterocycles. The van der Waals surface area contributed by atoms with Crippen molar-refractivity contribution in [1.29, 1.82) is 0 Å². The number of H-pyrrole nitrogens is 1. The maximum absolute atomic E-state index is 4.01. The zero-order valence-corrected chi connectivity index (χ0v) is 10.3. The van der Waals surface area contributed by atoms with Crippen molar-refractivity contribution in [3.05, 3.63) is 54.0 Å². The minimum absolute atomic E-state index is 1.03. The monoisotopic (exact) mass is 249 g/mol. The second kappa shape index (κ2) is 3.68. The van der Waals surface area contributed by atoms with Gasteiger partial charge in [0.1, 0.15) is 6.20 Å². The van der Waals surface area contributed by atoms with Gasteiger partial charge in [0.2, 0.25) is 0 Å². The number of aromatic nitrogens is 2. The number of thiophene rings is 1. The van der Waals surface area contributed by atoms with Gasteiger partial charge in [0.05, 0.1) is 5.52 Å². The smallest absolute Gasteiger partial charge is 0.121 e. The SMILES string of the molecule is [c]1n[nH]c2cccc(-c3csc4ccccc34)c12. The molecule has 4 rings (SSSR count). The van der Waals surface area contributed by atoms with Crippen LogP contribution in [0.5, 0.6) is 0 Å². The van der Waals surface area contributed by atoms with Crippen LogP contribution in [0, 0.1) is 6.20 Å². The highest BCUT2D eigenvalue weighted by Crippen LogP contribution is 2.36. The maximum Gasteiger partial charge on any atom is 0.121 e. The second-order valence-electron chi connectivity index (χ2n) is 4.21. The van der Waals surface area contributed by atoms with E-state index in [9.17, 15) is 0 Å². The summed E-state index contributed by atoms with van der Waals surface area (Å²) in [7, 11) is 0. The maximum atomic E-state index is 4.01. The highest BCUT2D eigenvalue weighted by Gasteiger charge is 2.10. The summed E-state index contributed by atoms with van der Waals surface area (Å²) in [6.45, 7) is 0. The summed E-state index contributed by atoms with van der Waals surface area (Å²) in [6.07, 6.45) is 3.04. The zero-order valence-electron chi connectivity index (χ0n) is 9.47. The average molecular weight is 249 g/mol. The van der Waals surface area contributed by atoms with E-state index in [4.69, 9.17) is 0 Å². The molecule has 4 aromatic rings. The molecule has 85 valence electrons. The standard InChI is InChI=1S/C15H9N2S/c1-2-7-15-11(4-1)13(9-18-15)10-5-3-6-14-12(10)8-16-17-14/h1-7,9H,(H,16,17). The molecule has 0 aliphatic heterocycles. The van der Waals surface area contributed by atoms with Crippen LogP contribution in [-0.2, 0) is 0 Å². The molecule has 3 heteroatoms. The Labute approximate surface area is 108 Å². The first-order valence-corrected chi connectivity index (χ1v) is 6.63. The van der Waals surface area contributed by atoms with Gasteiger partial charge in [-0.15, -0.1) is 11.3 Å². The second-order valence-corrected chi connectivity index (χ2v) is 5.12. The Morgan fingerprint density at radius 2 is 1.94 bits per heavy atom. The van der Waals surface area contributed by atoms with E-state index in [0.29, 0.717) is 0 Å². The molecule has 0 spiro atoms. The lowest BCUT2D eigenvalue weighted by Gasteiger charge is -2.01. The van der Waals surface area contributed by atoms with E-state index in [1.807, 2.05) is 6.07 Å². The van der Waals surface area contributed by atoms with Crippen LogP contribution in [0.3, 0.4) is 0 Å². The number of hydrogen-bond acceptors (Lipinski definition) is 2. The third-order valence-corrected chi connectivity index (χ3v) is 4.14. The summed E-state index contributed by atoms with van der Waals surface area (Å²) < 4.78 is 1.31. The number of nitrogens with one attached hydrogen (secondary N) is 1. The third-order valence-electron chi connectivity index (χ3n) is 3.18. The quantitative estimate of drug-likeness (QED) is 0.537. The Balaban J connectivity index is 2.10. The molecule has 0 aliphatic carbocycles. The first kappa shape index (κ1) is 9.85. The van der Waals surface area contributed by atoms with E-state index in [1.165, 1.54) is 21.2 Å². The summed E-state index contributed by atoms with van der Waals surface area (Å²) in [5.41, 5.74) is 3.49. The molecule has 1 radical (unpaired) electrons. The molecule has 0 saturated heterocycles. The third kappa shape index (κ3) is 1.31. The summed E-state index contributed by atoms with van der Waals surface area (Å²) in [5, 5.41) is 11.5. The molecular weight excluding hydrogens is 240 g/mol.